The molecule has 2 rings (SSSR count). The van der Waals surface area contributed by atoms with Gasteiger partial charge in [0.1, 0.15) is 9.65 Å². The van der Waals surface area contributed by atoms with Gasteiger partial charge >= 0.3 is 0 Å². The number of carbonyl (C=O) groups excluding carboxylic acids is 1. The molecule has 0 aliphatic rings. The van der Waals surface area contributed by atoms with Crippen molar-refractivity contribution < 1.29 is 4.79 Å². The first-order valence-electron chi connectivity index (χ1n) is 5.02. The number of aromatic amines is 1. The van der Waals surface area contributed by atoms with E-state index < -0.39 is 0 Å². The molecule has 88 valence electrons. The standard InChI is InChI=1S/C10H10N4OS2/c1-2-7-13-14-10(17-7)12-8(15)6-4-3-5-11-9(6)16/h3-5H,2H2,1H3,(H,11,16)(H,12,14,15). The van der Waals surface area contributed by atoms with Gasteiger partial charge in [-0.25, -0.2) is 0 Å². The van der Waals surface area contributed by atoms with E-state index in [2.05, 4.69) is 20.5 Å². The minimum atomic E-state index is -0.273. The average molecular weight is 266 g/mol. The van der Waals surface area contributed by atoms with Crippen LogP contribution in [0.5, 0.6) is 0 Å². The van der Waals surface area contributed by atoms with Crippen molar-refractivity contribution in [2.24, 2.45) is 0 Å². The van der Waals surface area contributed by atoms with Crippen LogP contribution in [0.4, 0.5) is 5.13 Å². The van der Waals surface area contributed by atoms with Gasteiger partial charge in [-0.2, -0.15) is 0 Å². The lowest BCUT2D eigenvalue weighted by Crippen LogP contribution is -2.12. The molecule has 2 aromatic heterocycles. The van der Waals surface area contributed by atoms with Crippen LogP contribution in [-0.4, -0.2) is 21.1 Å². The minimum Gasteiger partial charge on any atom is -0.352 e. The van der Waals surface area contributed by atoms with E-state index in [1.54, 1.807) is 18.3 Å². The second-order valence-electron chi connectivity index (χ2n) is 3.22. The third-order valence-corrected chi connectivity index (χ3v) is 3.37. The van der Waals surface area contributed by atoms with Crippen LogP contribution in [0.15, 0.2) is 18.3 Å². The molecule has 0 aromatic carbocycles. The normalized spacial score (nSPS) is 10.2. The summed E-state index contributed by atoms with van der Waals surface area (Å²) in [7, 11) is 0. The van der Waals surface area contributed by atoms with Crippen LogP contribution in [0.2, 0.25) is 0 Å². The van der Waals surface area contributed by atoms with Gasteiger partial charge in [-0.05, 0) is 18.6 Å². The third-order valence-electron chi connectivity index (χ3n) is 2.05. The SMILES string of the molecule is CCc1nnc(NC(=O)c2ccc[nH]c2=S)s1. The molecule has 0 aliphatic heterocycles. The van der Waals surface area contributed by atoms with Crippen molar-refractivity contribution in [3.8, 4) is 0 Å². The Morgan fingerprint density at radius 2 is 2.41 bits per heavy atom. The number of nitrogens with zero attached hydrogens (tertiary/aromatic N) is 2. The van der Waals surface area contributed by atoms with Gasteiger partial charge in [0, 0.05) is 6.20 Å². The van der Waals surface area contributed by atoms with Crippen molar-refractivity contribution in [1.29, 1.82) is 0 Å². The number of carbonyl (C=O) groups is 1. The summed E-state index contributed by atoms with van der Waals surface area (Å²) in [5.74, 6) is -0.273. The zero-order chi connectivity index (χ0) is 12.3. The first-order chi connectivity index (χ1) is 8.20. The molecule has 0 atom stereocenters. The molecule has 0 unspecified atom stereocenters. The maximum Gasteiger partial charge on any atom is 0.260 e. The number of H-pyrrole nitrogens is 1. The third kappa shape index (κ3) is 2.75. The molecule has 7 heteroatoms. The van der Waals surface area contributed by atoms with Gasteiger partial charge in [-0.1, -0.05) is 30.5 Å². The zero-order valence-corrected chi connectivity index (χ0v) is 10.7. The highest BCUT2D eigenvalue weighted by atomic mass is 32.1. The van der Waals surface area contributed by atoms with Crippen LogP contribution >= 0.6 is 23.6 Å². The van der Waals surface area contributed by atoms with Crippen molar-refractivity contribution >= 4 is 34.6 Å². The first kappa shape index (κ1) is 11.9. The molecule has 2 heterocycles. The van der Waals surface area contributed by atoms with Crippen LogP contribution in [-0.2, 0) is 6.42 Å². The van der Waals surface area contributed by atoms with E-state index >= 15 is 0 Å². The van der Waals surface area contributed by atoms with E-state index in [1.807, 2.05) is 6.92 Å². The number of aromatic nitrogens is 3. The summed E-state index contributed by atoms with van der Waals surface area (Å²) in [6.07, 6.45) is 2.48. The fourth-order valence-electron chi connectivity index (χ4n) is 1.21. The van der Waals surface area contributed by atoms with Crippen LogP contribution in [0.3, 0.4) is 0 Å². The predicted octanol–water partition coefficient (Wildman–Crippen LogP) is 2.41. The Kier molecular flexibility index (Phi) is 3.60. The number of nitrogens with one attached hydrogen (secondary N) is 2. The quantitative estimate of drug-likeness (QED) is 0.837. The molecular formula is C10H10N4OS2. The second kappa shape index (κ2) is 5.15. The van der Waals surface area contributed by atoms with E-state index in [9.17, 15) is 4.79 Å². The number of anilines is 1. The molecule has 2 N–H and O–H groups in total. The highest BCUT2D eigenvalue weighted by Crippen LogP contribution is 2.16. The van der Waals surface area contributed by atoms with Crippen molar-refractivity contribution in [3.63, 3.8) is 0 Å². The van der Waals surface area contributed by atoms with E-state index in [1.165, 1.54) is 11.3 Å². The molecule has 0 saturated heterocycles. The lowest BCUT2D eigenvalue weighted by molar-refractivity contribution is 0.102. The van der Waals surface area contributed by atoms with E-state index in [0.29, 0.717) is 15.3 Å². The zero-order valence-electron chi connectivity index (χ0n) is 9.06. The van der Waals surface area contributed by atoms with Gasteiger partial charge < -0.3 is 4.98 Å². The van der Waals surface area contributed by atoms with Crippen molar-refractivity contribution in [1.82, 2.24) is 15.2 Å². The summed E-state index contributed by atoms with van der Waals surface area (Å²) >= 11 is 6.39. The molecule has 5 nitrogen and oxygen atoms in total. The molecule has 0 aliphatic carbocycles. The molecule has 0 saturated carbocycles. The van der Waals surface area contributed by atoms with Gasteiger partial charge in [0.05, 0.1) is 5.56 Å². The average Bonchev–Trinajstić information content (AvgIpc) is 2.77. The van der Waals surface area contributed by atoms with Crippen molar-refractivity contribution in [2.45, 2.75) is 13.3 Å². The number of hydrogen-bond donors (Lipinski definition) is 2. The molecule has 2 aromatic rings. The fraction of sp³-hybridized carbons (Fsp3) is 0.200. The summed E-state index contributed by atoms with van der Waals surface area (Å²) in [5, 5.41) is 11.8. The summed E-state index contributed by atoms with van der Waals surface area (Å²) in [6, 6.07) is 3.39. The predicted molar refractivity (Wildman–Crippen MR) is 68.9 cm³/mol. The summed E-state index contributed by atoms with van der Waals surface area (Å²) in [4.78, 5) is 14.7. The number of aryl methyl sites for hydroxylation is 1. The minimum absolute atomic E-state index is 0.273. The van der Waals surface area contributed by atoms with Crippen LogP contribution in [0.25, 0.3) is 0 Å². The molecule has 0 radical (unpaired) electrons. The van der Waals surface area contributed by atoms with Crippen LogP contribution < -0.4 is 5.32 Å². The smallest absolute Gasteiger partial charge is 0.260 e. The van der Waals surface area contributed by atoms with E-state index in [0.717, 1.165) is 11.4 Å². The fourth-order valence-corrected chi connectivity index (χ4v) is 2.12. The van der Waals surface area contributed by atoms with Gasteiger partial charge in [0.2, 0.25) is 5.13 Å². The first-order valence-corrected chi connectivity index (χ1v) is 6.24. The molecule has 0 spiro atoms. The second-order valence-corrected chi connectivity index (χ2v) is 4.69. The number of amides is 1. The maximum absolute atomic E-state index is 11.9. The topological polar surface area (TPSA) is 70.7 Å². The van der Waals surface area contributed by atoms with E-state index in [4.69, 9.17) is 12.2 Å². The molecule has 17 heavy (non-hydrogen) atoms. The highest BCUT2D eigenvalue weighted by Gasteiger charge is 2.10. The van der Waals surface area contributed by atoms with Crippen molar-refractivity contribution in [2.75, 3.05) is 5.32 Å². The molecule has 0 bridgehead atoms. The lowest BCUT2D eigenvalue weighted by Gasteiger charge is -2.00. The number of rotatable bonds is 3. The molecular weight excluding hydrogens is 256 g/mol. The summed E-state index contributed by atoms with van der Waals surface area (Å²) in [6.45, 7) is 1.99. The Morgan fingerprint density at radius 1 is 1.59 bits per heavy atom. The van der Waals surface area contributed by atoms with Crippen molar-refractivity contribution in [3.05, 3.63) is 33.5 Å². The van der Waals surface area contributed by atoms with Crippen LogP contribution in [0, 0.1) is 4.64 Å². The monoisotopic (exact) mass is 266 g/mol. The molecule has 1 amide bonds. The Balaban J connectivity index is 2.17. The highest BCUT2D eigenvalue weighted by molar-refractivity contribution is 7.71. The Labute approximate surface area is 107 Å². The Hall–Kier alpha value is -1.60. The van der Waals surface area contributed by atoms with Crippen LogP contribution in [0.1, 0.15) is 22.3 Å². The lowest BCUT2D eigenvalue weighted by atomic mass is 10.3. The number of hydrogen-bond acceptors (Lipinski definition) is 5. The Bertz CT molecular complexity index is 590. The maximum atomic E-state index is 11.9. The van der Waals surface area contributed by atoms with Gasteiger partial charge in [-0.3, -0.25) is 10.1 Å². The summed E-state index contributed by atoms with van der Waals surface area (Å²) in [5.41, 5.74) is 0.427. The molecule has 0 fully saturated rings. The number of pyridine rings is 1. The van der Waals surface area contributed by atoms with Gasteiger partial charge in [-0.15, -0.1) is 10.2 Å². The van der Waals surface area contributed by atoms with Gasteiger partial charge in [0.25, 0.3) is 5.91 Å². The van der Waals surface area contributed by atoms with E-state index in [-0.39, 0.29) is 5.91 Å². The largest absolute Gasteiger partial charge is 0.352 e. The Morgan fingerprint density at radius 3 is 3.06 bits per heavy atom. The summed E-state index contributed by atoms with van der Waals surface area (Å²) < 4.78 is 0.408. The van der Waals surface area contributed by atoms with Gasteiger partial charge in [0.15, 0.2) is 0 Å².